The Morgan fingerprint density at radius 3 is 2.54 bits per heavy atom. The van der Waals surface area contributed by atoms with Crippen LogP contribution >= 0.6 is 23.2 Å². The molecule has 3 amide bonds. The Balaban J connectivity index is 1.05. The Morgan fingerprint density at radius 2 is 1.79 bits per heavy atom. The van der Waals surface area contributed by atoms with Gasteiger partial charge in [-0.05, 0) is 67.1 Å². The van der Waals surface area contributed by atoms with Crippen molar-refractivity contribution in [1.82, 2.24) is 30.2 Å². The van der Waals surface area contributed by atoms with Crippen molar-refractivity contribution in [1.29, 1.82) is 0 Å². The largest absolute Gasteiger partial charge is 0.487 e. The molecule has 3 aromatic carbocycles. The highest BCUT2D eigenvalue weighted by molar-refractivity contribution is 6.38. The molecule has 0 aliphatic heterocycles. The van der Waals surface area contributed by atoms with Gasteiger partial charge in [0.1, 0.15) is 17.9 Å². The Labute approximate surface area is 309 Å². The lowest BCUT2D eigenvalue weighted by atomic mass is 10.1. The first-order valence-corrected chi connectivity index (χ1v) is 16.9. The van der Waals surface area contributed by atoms with Gasteiger partial charge < -0.3 is 24.8 Å². The molecule has 0 saturated heterocycles. The first kappa shape index (κ1) is 35.8. The fourth-order valence-electron chi connectivity index (χ4n) is 5.35. The molecule has 0 spiro atoms. The van der Waals surface area contributed by atoms with E-state index in [-0.39, 0.29) is 24.1 Å². The van der Waals surface area contributed by atoms with Crippen LogP contribution < -0.4 is 20.3 Å². The summed E-state index contributed by atoms with van der Waals surface area (Å²) in [6.07, 6.45) is 9.88. The number of anilines is 1. The van der Waals surface area contributed by atoms with Crippen molar-refractivity contribution in [3.8, 4) is 11.4 Å². The summed E-state index contributed by atoms with van der Waals surface area (Å²) in [5, 5.41) is 6.92. The third-order valence-electron chi connectivity index (χ3n) is 8.13. The fraction of sp³-hybridized carbons (Fsp3) is 0.128. The number of aromatic nitrogens is 4. The van der Waals surface area contributed by atoms with Gasteiger partial charge in [-0.15, -0.1) is 0 Å². The molecule has 0 aliphatic rings. The van der Waals surface area contributed by atoms with Crippen molar-refractivity contribution < 1.29 is 19.1 Å². The van der Waals surface area contributed by atoms with Crippen LogP contribution in [0.4, 0.5) is 5.69 Å². The molecular formula is C39H33Cl2N7O4. The molecule has 2 N–H and O–H groups in total. The summed E-state index contributed by atoms with van der Waals surface area (Å²) in [6.45, 7) is 1.96. The predicted octanol–water partition coefficient (Wildman–Crippen LogP) is 6.73. The van der Waals surface area contributed by atoms with E-state index in [9.17, 15) is 14.4 Å². The fourth-order valence-corrected chi connectivity index (χ4v) is 5.96. The number of fused-ring (bicyclic) bond motifs is 1. The zero-order valence-electron chi connectivity index (χ0n) is 28.2. The summed E-state index contributed by atoms with van der Waals surface area (Å²) in [7, 11) is 1.56. The lowest BCUT2D eigenvalue weighted by Crippen LogP contribution is -2.37. The van der Waals surface area contributed by atoms with Gasteiger partial charge in [-0.25, -0.2) is 9.97 Å². The van der Waals surface area contributed by atoms with Gasteiger partial charge in [-0.2, -0.15) is 0 Å². The second-order valence-electron chi connectivity index (χ2n) is 11.7. The van der Waals surface area contributed by atoms with Crippen LogP contribution in [0.25, 0.3) is 22.7 Å². The molecule has 3 heterocycles. The number of amides is 3. The first-order chi connectivity index (χ1) is 25.2. The number of hydrogen-bond donors (Lipinski definition) is 2. The average Bonchev–Trinajstić information content (AvgIpc) is 3.70. The van der Waals surface area contributed by atoms with Gasteiger partial charge >= 0.3 is 0 Å². The van der Waals surface area contributed by atoms with E-state index in [4.69, 9.17) is 32.9 Å². The van der Waals surface area contributed by atoms with Gasteiger partial charge in [-0.3, -0.25) is 19.4 Å². The Bertz CT molecular complexity index is 2260. The van der Waals surface area contributed by atoms with Crippen LogP contribution in [0.2, 0.25) is 10.0 Å². The summed E-state index contributed by atoms with van der Waals surface area (Å²) < 4.78 is 8.15. The molecule has 0 unspecified atom stereocenters. The summed E-state index contributed by atoms with van der Waals surface area (Å²) in [6, 6.07) is 23.2. The van der Waals surface area contributed by atoms with Gasteiger partial charge in [0.25, 0.3) is 5.91 Å². The van der Waals surface area contributed by atoms with Crippen LogP contribution in [-0.2, 0) is 22.7 Å². The van der Waals surface area contributed by atoms with Crippen molar-refractivity contribution in [2.24, 2.45) is 0 Å². The molecule has 0 bridgehead atoms. The SMILES string of the molecule is Cc1cc(-n2ccnc2)c2cccc(OCc3c(Cl)ccc(N(C)C(=O)CNC(=O)/C=C/c4ccc(C(=O)NCc5ccccn5)cc4)c3Cl)c2n1. The summed E-state index contributed by atoms with van der Waals surface area (Å²) >= 11 is 13.4. The number of nitrogens with one attached hydrogen (secondary N) is 2. The van der Waals surface area contributed by atoms with Crippen LogP contribution in [0.1, 0.15) is 32.9 Å². The number of aryl methyl sites for hydroxylation is 1. The second kappa shape index (κ2) is 16.3. The number of likely N-dealkylation sites (N-methyl/N-ethyl adjacent to an activating group) is 1. The van der Waals surface area contributed by atoms with Crippen molar-refractivity contribution in [3.05, 3.63) is 148 Å². The average molecular weight is 735 g/mol. The number of para-hydroxylation sites is 1. The maximum Gasteiger partial charge on any atom is 0.251 e. The Kier molecular flexibility index (Phi) is 11.2. The highest BCUT2D eigenvalue weighted by Gasteiger charge is 2.20. The van der Waals surface area contributed by atoms with Gasteiger partial charge in [0, 0.05) is 58.9 Å². The number of ether oxygens (including phenoxy) is 1. The van der Waals surface area contributed by atoms with Crippen molar-refractivity contribution in [3.63, 3.8) is 0 Å². The third kappa shape index (κ3) is 8.45. The summed E-state index contributed by atoms with van der Waals surface area (Å²) in [4.78, 5) is 52.6. The zero-order chi connectivity index (χ0) is 36.6. The number of halogens is 2. The van der Waals surface area contributed by atoms with E-state index in [0.29, 0.717) is 45.2 Å². The normalized spacial score (nSPS) is 11.1. The van der Waals surface area contributed by atoms with E-state index < -0.39 is 11.8 Å². The van der Waals surface area contributed by atoms with Crippen molar-refractivity contribution in [2.45, 2.75) is 20.1 Å². The number of rotatable bonds is 12. The van der Waals surface area contributed by atoms with Crippen LogP contribution in [0.3, 0.4) is 0 Å². The van der Waals surface area contributed by atoms with Gasteiger partial charge in [0.05, 0.1) is 41.5 Å². The standard InChI is InChI=1S/C39H33Cl2N7O4/c1-25-20-33(48-19-18-42-24-48)29-7-5-8-34(38(29)46-25)52-23-30-31(40)14-15-32(37(30)41)47(2)36(50)22-44-35(49)16-11-26-9-12-27(13-10-26)39(51)45-21-28-6-3-4-17-43-28/h3-20,24H,21-23H2,1-2H3,(H,44,49)(H,45,51)/b16-11+. The van der Waals surface area contributed by atoms with E-state index in [0.717, 1.165) is 22.5 Å². The molecule has 13 heteroatoms. The predicted molar refractivity (Wildman–Crippen MR) is 202 cm³/mol. The lowest BCUT2D eigenvalue weighted by molar-refractivity contribution is -0.122. The van der Waals surface area contributed by atoms with E-state index >= 15 is 0 Å². The van der Waals surface area contributed by atoms with Crippen molar-refractivity contribution in [2.75, 3.05) is 18.5 Å². The van der Waals surface area contributed by atoms with Crippen LogP contribution in [0, 0.1) is 6.92 Å². The highest BCUT2D eigenvalue weighted by Crippen LogP contribution is 2.36. The lowest BCUT2D eigenvalue weighted by Gasteiger charge is -2.21. The number of carbonyl (C=O) groups is 3. The quantitative estimate of drug-likeness (QED) is 0.133. The maximum absolute atomic E-state index is 13.1. The molecule has 11 nitrogen and oxygen atoms in total. The maximum atomic E-state index is 13.1. The molecule has 52 heavy (non-hydrogen) atoms. The zero-order valence-corrected chi connectivity index (χ0v) is 29.7. The third-order valence-corrected chi connectivity index (χ3v) is 8.91. The number of imidazole rings is 1. The van der Waals surface area contributed by atoms with E-state index in [1.54, 1.807) is 68.2 Å². The molecule has 6 aromatic rings. The molecule has 0 aliphatic carbocycles. The molecule has 0 radical (unpaired) electrons. The van der Waals surface area contributed by atoms with Crippen LogP contribution in [0.15, 0.2) is 110 Å². The minimum absolute atomic E-state index is 0.0149. The molecular weight excluding hydrogens is 701 g/mol. The molecule has 3 aromatic heterocycles. The number of carbonyl (C=O) groups excluding carboxylic acids is 3. The van der Waals surface area contributed by atoms with Gasteiger partial charge in [0.15, 0.2) is 0 Å². The number of hydrogen-bond acceptors (Lipinski definition) is 7. The van der Waals surface area contributed by atoms with Gasteiger partial charge in [-0.1, -0.05) is 53.5 Å². The Hall–Kier alpha value is -6.04. The summed E-state index contributed by atoms with van der Waals surface area (Å²) in [5.74, 6) is -0.567. The van der Waals surface area contributed by atoms with Gasteiger partial charge in [0.2, 0.25) is 11.8 Å². The van der Waals surface area contributed by atoms with Crippen molar-refractivity contribution >= 4 is 63.6 Å². The topological polar surface area (TPSA) is 131 Å². The van der Waals surface area contributed by atoms with Crippen LogP contribution in [-0.4, -0.2) is 50.8 Å². The smallest absolute Gasteiger partial charge is 0.251 e. The first-order valence-electron chi connectivity index (χ1n) is 16.2. The van der Waals surface area contributed by atoms with E-state index in [1.807, 2.05) is 60.2 Å². The minimum atomic E-state index is -0.467. The minimum Gasteiger partial charge on any atom is -0.487 e. The Morgan fingerprint density at radius 1 is 0.962 bits per heavy atom. The molecule has 262 valence electrons. The molecule has 0 fully saturated rings. The molecule has 6 rings (SSSR count). The number of benzene rings is 3. The number of pyridine rings is 2. The monoisotopic (exact) mass is 733 g/mol. The molecule has 0 saturated carbocycles. The summed E-state index contributed by atoms with van der Waals surface area (Å²) in [5.41, 5.74) is 5.22. The van der Waals surface area contributed by atoms with Crippen LogP contribution in [0.5, 0.6) is 5.75 Å². The second-order valence-corrected chi connectivity index (χ2v) is 12.5. The molecule has 0 atom stereocenters. The number of nitrogens with zero attached hydrogens (tertiary/aromatic N) is 5. The highest BCUT2D eigenvalue weighted by atomic mass is 35.5. The van der Waals surface area contributed by atoms with E-state index in [1.165, 1.54) is 11.0 Å². The van der Waals surface area contributed by atoms with E-state index in [2.05, 4.69) is 20.6 Å².